The smallest absolute Gasteiger partial charge is 0.186 e. The maximum absolute atomic E-state index is 13.2. The van der Waals surface area contributed by atoms with Gasteiger partial charge < -0.3 is 10.2 Å². The molecule has 6 nitrogen and oxygen atoms in total. The molecule has 1 atom stereocenters. The Kier molecular flexibility index (Phi) is 10.5. The van der Waals surface area contributed by atoms with E-state index < -0.39 is 30.7 Å². The van der Waals surface area contributed by atoms with Crippen LogP contribution in [0.4, 0.5) is 0 Å². The van der Waals surface area contributed by atoms with Crippen LogP contribution in [0.5, 0.6) is 0 Å². The molecule has 1 aliphatic rings. The first-order chi connectivity index (χ1) is 13.8. The second-order valence-corrected chi connectivity index (χ2v) is 11.3. The van der Waals surface area contributed by atoms with Gasteiger partial charge in [-0.25, -0.2) is 16.8 Å². The quantitative estimate of drug-likeness (QED) is 0.523. The number of halogens is 2. The molecular weight excluding hydrogens is 479 g/mol. The van der Waals surface area contributed by atoms with Crippen LogP contribution in [0.25, 0.3) is 0 Å². The molecule has 31 heavy (non-hydrogen) atoms. The molecule has 1 aliphatic heterocycles. The lowest BCUT2D eigenvalue weighted by Gasteiger charge is -2.19. The summed E-state index contributed by atoms with van der Waals surface area (Å²) in [6.07, 6.45) is 0. The number of benzene rings is 2. The predicted molar refractivity (Wildman–Crippen MR) is 129 cm³/mol. The molecule has 10 heteroatoms. The molecule has 0 saturated carbocycles. The van der Waals surface area contributed by atoms with Crippen LogP contribution in [0.2, 0.25) is 0 Å². The fourth-order valence-corrected chi connectivity index (χ4v) is 8.19. The molecule has 2 aromatic carbocycles. The molecule has 0 fully saturated rings. The molecular formula is C21H30Cl2N2O4S2. The highest BCUT2D eigenvalue weighted by Crippen LogP contribution is 2.42. The third-order valence-electron chi connectivity index (χ3n) is 5.45. The van der Waals surface area contributed by atoms with Gasteiger partial charge in [0.05, 0.1) is 15.5 Å². The third kappa shape index (κ3) is 6.00. The number of rotatable bonds is 9. The van der Waals surface area contributed by atoms with E-state index in [4.69, 9.17) is 0 Å². The van der Waals surface area contributed by atoms with Crippen LogP contribution in [0.3, 0.4) is 0 Å². The van der Waals surface area contributed by atoms with Crippen molar-refractivity contribution in [3.8, 4) is 0 Å². The summed E-state index contributed by atoms with van der Waals surface area (Å²) in [5.41, 5.74) is 1.15. The highest BCUT2D eigenvalue weighted by molar-refractivity contribution is 7.96. The molecule has 0 radical (unpaired) electrons. The van der Waals surface area contributed by atoms with Gasteiger partial charge in [0.15, 0.2) is 19.7 Å². The number of hydrogen-bond acceptors (Lipinski definition) is 6. The van der Waals surface area contributed by atoms with Gasteiger partial charge in [-0.15, -0.1) is 24.8 Å². The normalized spacial score (nSPS) is 16.9. The average molecular weight is 510 g/mol. The van der Waals surface area contributed by atoms with Crippen molar-refractivity contribution in [3.05, 3.63) is 59.7 Å². The van der Waals surface area contributed by atoms with E-state index in [1.54, 1.807) is 24.3 Å². The summed E-state index contributed by atoms with van der Waals surface area (Å²) in [5.74, 6) is -0.407. The Morgan fingerprint density at radius 3 is 2.26 bits per heavy atom. The molecule has 0 bridgehead atoms. The minimum absolute atomic E-state index is 0. The van der Waals surface area contributed by atoms with E-state index in [1.165, 1.54) is 18.2 Å². The molecule has 174 valence electrons. The van der Waals surface area contributed by atoms with Crippen molar-refractivity contribution in [2.45, 2.75) is 35.4 Å². The number of hydrogen-bond donors (Lipinski definition) is 1. The average Bonchev–Trinajstić information content (AvgIpc) is 3.01. The molecule has 2 aromatic rings. The zero-order chi connectivity index (χ0) is 21.1. The van der Waals surface area contributed by atoms with Crippen molar-refractivity contribution in [1.82, 2.24) is 10.2 Å². The van der Waals surface area contributed by atoms with Crippen LogP contribution in [-0.2, 0) is 26.2 Å². The molecule has 1 unspecified atom stereocenters. The van der Waals surface area contributed by atoms with Gasteiger partial charge in [-0.2, -0.15) is 0 Å². The lowest BCUT2D eigenvalue weighted by Crippen LogP contribution is -2.31. The first kappa shape index (κ1) is 27.9. The van der Waals surface area contributed by atoms with Crippen molar-refractivity contribution in [2.24, 2.45) is 0 Å². The fraction of sp³-hybridized carbons (Fsp3) is 0.429. The van der Waals surface area contributed by atoms with Crippen molar-refractivity contribution in [3.63, 3.8) is 0 Å². The van der Waals surface area contributed by atoms with Crippen LogP contribution in [0, 0.1) is 0 Å². The van der Waals surface area contributed by atoms with E-state index in [0.717, 1.165) is 31.7 Å². The molecule has 0 spiro atoms. The Labute approximate surface area is 198 Å². The van der Waals surface area contributed by atoms with Crippen molar-refractivity contribution in [2.75, 3.05) is 31.9 Å². The van der Waals surface area contributed by atoms with Gasteiger partial charge in [-0.05, 0) is 42.4 Å². The minimum Gasteiger partial charge on any atom is -0.311 e. The zero-order valence-corrected chi connectivity index (χ0v) is 20.9. The summed E-state index contributed by atoms with van der Waals surface area (Å²) in [6, 6.07) is 13.1. The van der Waals surface area contributed by atoms with Crippen molar-refractivity contribution >= 4 is 44.5 Å². The molecule has 0 aromatic heterocycles. The minimum atomic E-state index is -3.81. The van der Waals surface area contributed by atoms with Crippen LogP contribution in [0.1, 0.15) is 30.2 Å². The van der Waals surface area contributed by atoms with Gasteiger partial charge in [0.2, 0.25) is 0 Å². The van der Waals surface area contributed by atoms with Crippen molar-refractivity contribution < 1.29 is 16.8 Å². The van der Waals surface area contributed by atoms with E-state index in [1.807, 2.05) is 6.07 Å². The Bertz CT molecular complexity index is 1060. The first-order valence-corrected chi connectivity index (χ1v) is 13.1. The molecule has 1 N–H and O–H groups in total. The standard InChI is InChI=1S/C21H28N2O4S2.2ClH/c1-3-23(4-2)14-13-22-15-17-9-8-12-19-21(17)20(16-28(19,24)25)29(26,27)18-10-6-5-7-11-18;;/h5-12,20,22H,3-4,13-16H2,1-2H3;2*1H. The fourth-order valence-electron chi connectivity index (χ4n) is 3.77. The molecule has 3 rings (SSSR count). The predicted octanol–water partition coefficient (Wildman–Crippen LogP) is 3.26. The number of likely N-dealkylation sites (N-methyl/N-ethyl adjacent to an activating group) is 1. The second kappa shape index (κ2) is 11.6. The highest BCUT2D eigenvalue weighted by atomic mass is 35.5. The SMILES string of the molecule is CCN(CC)CCNCc1cccc2c1C(S(=O)(=O)c1ccccc1)CS2(=O)=O.Cl.Cl. The topological polar surface area (TPSA) is 83.6 Å². The van der Waals surface area contributed by atoms with Crippen LogP contribution < -0.4 is 5.32 Å². The summed E-state index contributed by atoms with van der Waals surface area (Å²) in [6.45, 7) is 8.21. The first-order valence-electron chi connectivity index (χ1n) is 9.87. The van der Waals surface area contributed by atoms with Gasteiger partial charge in [0, 0.05) is 19.6 Å². The lowest BCUT2D eigenvalue weighted by atomic mass is 10.1. The van der Waals surface area contributed by atoms with E-state index in [9.17, 15) is 16.8 Å². The summed E-state index contributed by atoms with van der Waals surface area (Å²) < 4.78 is 51.9. The molecule has 1 heterocycles. The van der Waals surface area contributed by atoms with Gasteiger partial charge in [0.1, 0.15) is 5.25 Å². The number of fused-ring (bicyclic) bond motifs is 1. The number of nitrogens with zero attached hydrogens (tertiary/aromatic N) is 1. The zero-order valence-electron chi connectivity index (χ0n) is 17.7. The Hall–Kier alpha value is -1.16. The second-order valence-electron chi connectivity index (χ2n) is 7.16. The summed E-state index contributed by atoms with van der Waals surface area (Å²) >= 11 is 0. The van der Waals surface area contributed by atoms with E-state index >= 15 is 0 Å². The van der Waals surface area contributed by atoms with E-state index in [2.05, 4.69) is 24.1 Å². The summed E-state index contributed by atoms with van der Waals surface area (Å²) in [7, 11) is -7.45. The van der Waals surface area contributed by atoms with Gasteiger partial charge >= 0.3 is 0 Å². The summed E-state index contributed by atoms with van der Waals surface area (Å²) in [5, 5.41) is 2.26. The van der Waals surface area contributed by atoms with Crippen LogP contribution in [0.15, 0.2) is 58.3 Å². The monoisotopic (exact) mass is 508 g/mol. The lowest BCUT2D eigenvalue weighted by molar-refractivity contribution is 0.302. The Morgan fingerprint density at radius 2 is 1.65 bits per heavy atom. The maximum atomic E-state index is 13.2. The van der Waals surface area contributed by atoms with Crippen LogP contribution >= 0.6 is 24.8 Å². The third-order valence-corrected chi connectivity index (χ3v) is 9.54. The van der Waals surface area contributed by atoms with E-state index in [0.29, 0.717) is 12.1 Å². The van der Waals surface area contributed by atoms with Gasteiger partial charge in [-0.1, -0.05) is 44.2 Å². The molecule has 0 amide bonds. The maximum Gasteiger partial charge on any atom is 0.186 e. The summed E-state index contributed by atoms with van der Waals surface area (Å²) in [4.78, 5) is 2.58. The van der Waals surface area contributed by atoms with Crippen LogP contribution in [-0.4, -0.2) is 53.7 Å². The molecule has 0 aliphatic carbocycles. The molecule has 0 saturated heterocycles. The number of sulfone groups is 2. The highest BCUT2D eigenvalue weighted by Gasteiger charge is 2.44. The van der Waals surface area contributed by atoms with Crippen molar-refractivity contribution in [1.29, 1.82) is 0 Å². The largest absolute Gasteiger partial charge is 0.311 e. The van der Waals surface area contributed by atoms with Gasteiger partial charge in [0.25, 0.3) is 0 Å². The Balaban J connectivity index is 0.00000240. The Morgan fingerprint density at radius 1 is 1.00 bits per heavy atom. The number of nitrogens with one attached hydrogen (secondary N) is 1. The van der Waals surface area contributed by atoms with E-state index in [-0.39, 0.29) is 34.6 Å². The van der Waals surface area contributed by atoms with Gasteiger partial charge in [-0.3, -0.25) is 0 Å².